The molecule has 4 nitrogen and oxygen atoms in total. The van der Waals surface area contributed by atoms with Crippen LogP contribution in [0.5, 0.6) is 0 Å². The van der Waals surface area contributed by atoms with Crippen LogP contribution in [0.25, 0.3) is 0 Å². The molecule has 0 atom stereocenters. The maximum absolute atomic E-state index is 12.0. The monoisotopic (exact) mass is 236 g/mol. The van der Waals surface area contributed by atoms with E-state index < -0.39 is 12.6 Å². The van der Waals surface area contributed by atoms with E-state index in [2.05, 4.69) is 5.10 Å². The third-order valence-electron chi connectivity index (χ3n) is 2.20. The van der Waals surface area contributed by atoms with Crippen molar-refractivity contribution in [2.45, 2.75) is 19.1 Å². The Morgan fingerprint density at radius 3 is 2.56 bits per heavy atom. The Balaban J connectivity index is 2.45. The van der Waals surface area contributed by atoms with E-state index in [1.807, 2.05) is 0 Å². The Kier molecular flexibility index (Phi) is 3.79. The molecule has 16 heavy (non-hydrogen) atoms. The predicted molar refractivity (Wildman–Crippen MR) is 54.6 cm³/mol. The number of anilines is 1. The number of hydrogen-bond donors (Lipinski definition) is 1. The maximum Gasteiger partial charge on any atom is 0.390 e. The predicted octanol–water partition coefficient (Wildman–Crippen LogP) is 1.39. The molecule has 0 spiro atoms. The van der Waals surface area contributed by atoms with Crippen LogP contribution in [-0.4, -0.2) is 34.4 Å². The van der Waals surface area contributed by atoms with Gasteiger partial charge in [0.1, 0.15) is 5.82 Å². The standard InChI is InChI=1S/C9H15F3N4/c1-15(4-3-9(10,11)12)6-7-5-8(13)14-16(7)2/h5H,3-4,6H2,1-2H3,(H2,13,14). The molecular formula is C9H15F3N4. The fourth-order valence-electron chi connectivity index (χ4n) is 1.35. The van der Waals surface area contributed by atoms with Crippen LogP contribution >= 0.6 is 0 Å². The number of hydrogen-bond acceptors (Lipinski definition) is 3. The fraction of sp³-hybridized carbons (Fsp3) is 0.667. The van der Waals surface area contributed by atoms with Crippen LogP contribution in [0.15, 0.2) is 6.07 Å². The van der Waals surface area contributed by atoms with Gasteiger partial charge in [-0.05, 0) is 7.05 Å². The Bertz CT molecular complexity index is 345. The highest BCUT2D eigenvalue weighted by molar-refractivity contribution is 5.29. The minimum atomic E-state index is -4.11. The van der Waals surface area contributed by atoms with Crippen LogP contribution in [-0.2, 0) is 13.6 Å². The number of aromatic nitrogens is 2. The van der Waals surface area contributed by atoms with Crippen molar-refractivity contribution in [3.8, 4) is 0 Å². The van der Waals surface area contributed by atoms with Gasteiger partial charge >= 0.3 is 6.18 Å². The van der Waals surface area contributed by atoms with Gasteiger partial charge < -0.3 is 10.6 Å². The summed E-state index contributed by atoms with van der Waals surface area (Å²) in [6.45, 7) is 0.366. The van der Waals surface area contributed by atoms with E-state index in [1.54, 1.807) is 29.7 Å². The van der Waals surface area contributed by atoms with Crippen LogP contribution < -0.4 is 5.73 Å². The number of halogens is 3. The number of nitrogens with two attached hydrogens (primary N) is 1. The molecule has 0 aromatic carbocycles. The molecule has 0 fully saturated rings. The average Bonchev–Trinajstić information content (AvgIpc) is 2.41. The van der Waals surface area contributed by atoms with E-state index in [0.29, 0.717) is 12.4 Å². The average molecular weight is 236 g/mol. The van der Waals surface area contributed by atoms with Crippen molar-refractivity contribution in [2.24, 2.45) is 7.05 Å². The molecule has 1 aromatic rings. The molecule has 0 amide bonds. The first-order chi connectivity index (χ1) is 7.28. The van der Waals surface area contributed by atoms with Gasteiger partial charge in [-0.15, -0.1) is 0 Å². The second-order valence-corrected chi connectivity index (χ2v) is 3.79. The first kappa shape index (κ1) is 12.8. The molecule has 0 aliphatic carbocycles. The van der Waals surface area contributed by atoms with Crippen LogP contribution in [0.2, 0.25) is 0 Å². The molecule has 0 radical (unpaired) electrons. The lowest BCUT2D eigenvalue weighted by Crippen LogP contribution is -2.25. The number of rotatable bonds is 4. The van der Waals surface area contributed by atoms with Crippen LogP contribution in [0.1, 0.15) is 12.1 Å². The summed E-state index contributed by atoms with van der Waals surface area (Å²) in [7, 11) is 3.35. The summed E-state index contributed by atoms with van der Waals surface area (Å²) in [5.74, 6) is 0.377. The van der Waals surface area contributed by atoms with Crippen molar-refractivity contribution >= 4 is 5.82 Å². The maximum atomic E-state index is 12.0. The highest BCUT2D eigenvalue weighted by Crippen LogP contribution is 2.19. The smallest absolute Gasteiger partial charge is 0.382 e. The fourth-order valence-corrected chi connectivity index (χ4v) is 1.35. The largest absolute Gasteiger partial charge is 0.390 e. The van der Waals surface area contributed by atoms with E-state index in [0.717, 1.165) is 5.69 Å². The molecule has 0 saturated carbocycles. The summed E-state index contributed by atoms with van der Waals surface area (Å²) in [4.78, 5) is 1.59. The van der Waals surface area contributed by atoms with E-state index in [-0.39, 0.29) is 6.54 Å². The van der Waals surface area contributed by atoms with Gasteiger partial charge in [-0.1, -0.05) is 0 Å². The Morgan fingerprint density at radius 2 is 2.12 bits per heavy atom. The van der Waals surface area contributed by atoms with E-state index in [4.69, 9.17) is 5.73 Å². The lowest BCUT2D eigenvalue weighted by molar-refractivity contribution is -0.137. The minimum Gasteiger partial charge on any atom is -0.382 e. The zero-order chi connectivity index (χ0) is 12.3. The van der Waals surface area contributed by atoms with E-state index >= 15 is 0 Å². The van der Waals surface area contributed by atoms with E-state index in [1.165, 1.54) is 0 Å². The van der Waals surface area contributed by atoms with E-state index in [9.17, 15) is 13.2 Å². The molecule has 0 saturated heterocycles. The van der Waals surface area contributed by atoms with Crippen molar-refractivity contribution < 1.29 is 13.2 Å². The topological polar surface area (TPSA) is 47.1 Å². The Labute approximate surface area is 91.8 Å². The molecule has 1 aromatic heterocycles. The number of nitrogen functional groups attached to an aromatic ring is 1. The summed E-state index contributed by atoms with van der Waals surface area (Å²) < 4.78 is 37.5. The highest BCUT2D eigenvalue weighted by atomic mass is 19.4. The molecule has 1 heterocycles. The van der Waals surface area contributed by atoms with Gasteiger partial charge in [0.25, 0.3) is 0 Å². The summed E-state index contributed by atoms with van der Waals surface area (Å²) >= 11 is 0. The quantitative estimate of drug-likeness (QED) is 0.859. The third-order valence-corrected chi connectivity index (χ3v) is 2.20. The molecular weight excluding hydrogens is 221 g/mol. The molecule has 0 bridgehead atoms. The summed E-state index contributed by atoms with van der Waals surface area (Å²) in [6, 6.07) is 1.66. The third kappa shape index (κ3) is 4.09. The summed E-state index contributed by atoms with van der Waals surface area (Å²) in [6.07, 6.45) is -4.92. The SMILES string of the molecule is CN(CCC(F)(F)F)Cc1cc(N)nn1C. The highest BCUT2D eigenvalue weighted by Gasteiger charge is 2.27. The van der Waals surface area contributed by atoms with Gasteiger partial charge in [0, 0.05) is 26.2 Å². The minimum absolute atomic E-state index is 0.0332. The van der Waals surface area contributed by atoms with Gasteiger partial charge in [0.05, 0.1) is 12.1 Å². The number of alkyl halides is 3. The Morgan fingerprint density at radius 1 is 1.50 bits per heavy atom. The molecule has 7 heteroatoms. The van der Waals surface area contributed by atoms with Crippen molar-refractivity contribution in [2.75, 3.05) is 19.3 Å². The lowest BCUT2D eigenvalue weighted by atomic mass is 10.3. The zero-order valence-electron chi connectivity index (χ0n) is 9.25. The Hall–Kier alpha value is -1.24. The molecule has 0 unspecified atom stereocenters. The van der Waals surface area contributed by atoms with Gasteiger partial charge in [-0.2, -0.15) is 18.3 Å². The summed E-state index contributed by atoms with van der Waals surface area (Å²) in [5.41, 5.74) is 6.26. The van der Waals surface area contributed by atoms with Crippen molar-refractivity contribution in [1.29, 1.82) is 0 Å². The van der Waals surface area contributed by atoms with Crippen LogP contribution in [0, 0.1) is 0 Å². The summed E-state index contributed by atoms with van der Waals surface area (Å²) in [5, 5.41) is 3.92. The second kappa shape index (κ2) is 4.73. The first-order valence-electron chi connectivity index (χ1n) is 4.81. The van der Waals surface area contributed by atoms with Crippen LogP contribution in [0.4, 0.5) is 19.0 Å². The molecule has 92 valence electrons. The normalized spacial score (nSPS) is 12.4. The van der Waals surface area contributed by atoms with Crippen molar-refractivity contribution in [3.63, 3.8) is 0 Å². The molecule has 0 aliphatic heterocycles. The number of aryl methyl sites for hydroxylation is 1. The van der Waals surface area contributed by atoms with Crippen LogP contribution in [0.3, 0.4) is 0 Å². The van der Waals surface area contributed by atoms with Gasteiger partial charge in [0.15, 0.2) is 0 Å². The first-order valence-corrected chi connectivity index (χ1v) is 4.81. The van der Waals surface area contributed by atoms with Gasteiger partial charge in [-0.25, -0.2) is 0 Å². The zero-order valence-corrected chi connectivity index (χ0v) is 9.25. The number of nitrogens with zero attached hydrogens (tertiary/aromatic N) is 3. The molecule has 2 N–H and O–H groups in total. The van der Waals surface area contributed by atoms with Gasteiger partial charge in [0.2, 0.25) is 0 Å². The molecule has 1 rings (SSSR count). The second-order valence-electron chi connectivity index (χ2n) is 3.79. The molecule has 0 aliphatic rings. The van der Waals surface area contributed by atoms with Gasteiger partial charge in [-0.3, -0.25) is 4.68 Å². The van der Waals surface area contributed by atoms with Crippen molar-refractivity contribution in [3.05, 3.63) is 11.8 Å². The lowest BCUT2D eigenvalue weighted by Gasteiger charge is -2.17. The van der Waals surface area contributed by atoms with Crippen molar-refractivity contribution in [1.82, 2.24) is 14.7 Å².